The quantitative estimate of drug-likeness (QED) is 0.461. The van der Waals surface area contributed by atoms with Crippen LogP contribution in [0.4, 0.5) is 18.0 Å². The first-order valence-electron chi connectivity index (χ1n) is 8.62. The van der Waals surface area contributed by atoms with Crippen molar-refractivity contribution in [3.05, 3.63) is 51.2 Å². The molecule has 0 aliphatic carbocycles. The van der Waals surface area contributed by atoms with Crippen LogP contribution in [0.2, 0.25) is 5.02 Å². The van der Waals surface area contributed by atoms with Gasteiger partial charge in [-0.3, -0.25) is 4.90 Å². The Morgan fingerprint density at radius 2 is 1.87 bits per heavy atom. The van der Waals surface area contributed by atoms with E-state index in [1.807, 2.05) is 0 Å². The average molecular weight is 545 g/mol. The third-order valence-electron chi connectivity index (χ3n) is 4.13. The number of hydrogen-bond donors (Lipinski definition) is 1. The Kier molecular flexibility index (Phi) is 7.55. The summed E-state index contributed by atoms with van der Waals surface area (Å²) >= 11 is 8.93. The summed E-state index contributed by atoms with van der Waals surface area (Å²) in [6.07, 6.45) is -1.39. The van der Waals surface area contributed by atoms with E-state index in [0.717, 1.165) is 29.2 Å². The third kappa shape index (κ3) is 5.83. The standard InChI is InChI=1S/C19H18BrClF3NO5S/c1-19(2,3)25(18(26)27)9-13-15(31(28,29)17(23)24)5-4-14(16(13)20)30-12-7-10(21)6-11(22)8-12/h4-8,17H,9H2,1-3H3,(H,26,27). The van der Waals surface area contributed by atoms with Crippen molar-refractivity contribution >= 4 is 43.5 Å². The number of benzene rings is 2. The van der Waals surface area contributed by atoms with Crippen molar-refractivity contribution in [1.29, 1.82) is 0 Å². The lowest BCUT2D eigenvalue weighted by Crippen LogP contribution is -2.44. The lowest BCUT2D eigenvalue weighted by molar-refractivity contribution is 0.0947. The highest BCUT2D eigenvalue weighted by Crippen LogP contribution is 2.39. The van der Waals surface area contributed by atoms with E-state index in [-0.39, 0.29) is 26.6 Å². The number of rotatable bonds is 6. The lowest BCUT2D eigenvalue weighted by atomic mass is 10.1. The second-order valence-corrected chi connectivity index (χ2v) is 10.5. The Bertz CT molecular complexity index is 1090. The number of ether oxygens (including phenoxy) is 1. The molecule has 0 spiro atoms. The summed E-state index contributed by atoms with van der Waals surface area (Å²) in [6, 6.07) is 5.34. The van der Waals surface area contributed by atoms with Crippen LogP contribution in [0.3, 0.4) is 0 Å². The van der Waals surface area contributed by atoms with Crippen LogP contribution in [0, 0.1) is 5.82 Å². The minimum Gasteiger partial charge on any atom is -0.465 e. The smallest absolute Gasteiger partial charge is 0.408 e. The van der Waals surface area contributed by atoms with Crippen molar-refractivity contribution in [1.82, 2.24) is 4.90 Å². The summed E-state index contributed by atoms with van der Waals surface area (Å²) in [4.78, 5) is 11.9. The third-order valence-corrected chi connectivity index (χ3v) is 6.68. The van der Waals surface area contributed by atoms with Gasteiger partial charge < -0.3 is 9.84 Å². The Morgan fingerprint density at radius 3 is 2.35 bits per heavy atom. The van der Waals surface area contributed by atoms with Gasteiger partial charge in [0.25, 0.3) is 0 Å². The normalized spacial score (nSPS) is 12.2. The number of sulfone groups is 1. The van der Waals surface area contributed by atoms with E-state index in [1.165, 1.54) is 6.07 Å². The molecule has 0 heterocycles. The molecule has 12 heteroatoms. The summed E-state index contributed by atoms with van der Waals surface area (Å²) in [5.41, 5.74) is -1.23. The predicted octanol–water partition coefficient (Wildman–Crippen LogP) is 6.31. The number of alkyl halides is 2. The molecule has 0 saturated heterocycles. The molecule has 0 aliphatic rings. The van der Waals surface area contributed by atoms with Crippen LogP contribution in [-0.2, 0) is 16.4 Å². The Labute approximate surface area is 190 Å². The van der Waals surface area contributed by atoms with Crippen molar-refractivity contribution < 1.29 is 36.2 Å². The zero-order valence-corrected chi connectivity index (χ0v) is 19.7. The van der Waals surface area contributed by atoms with E-state index in [1.54, 1.807) is 20.8 Å². The summed E-state index contributed by atoms with van der Waals surface area (Å²) < 4.78 is 70.0. The largest absolute Gasteiger partial charge is 0.465 e. The average Bonchev–Trinajstić information content (AvgIpc) is 2.59. The molecule has 0 radical (unpaired) electrons. The van der Waals surface area contributed by atoms with Gasteiger partial charge in [-0.25, -0.2) is 17.6 Å². The van der Waals surface area contributed by atoms with Gasteiger partial charge in [0, 0.05) is 22.2 Å². The fourth-order valence-corrected chi connectivity index (χ4v) is 4.49. The minimum atomic E-state index is -5.07. The van der Waals surface area contributed by atoms with E-state index in [4.69, 9.17) is 16.3 Å². The number of carboxylic acid groups (broad SMARTS) is 1. The van der Waals surface area contributed by atoms with Crippen molar-refractivity contribution in [3.63, 3.8) is 0 Å². The molecule has 0 unspecified atom stereocenters. The molecule has 0 aliphatic heterocycles. The first-order valence-corrected chi connectivity index (χ1v) is 11.3. The SMILES string of the molecule is CC(C)(C)N(Cc1c(S(=O)(=O)C(F)F)ccc(Oc2cc(F)cc(Cl)c2)c1Br)C(=O)O. The topological polar surface area (TPSA) is 83.9 Å². The molecule has 170 valence electrons. The Hall–Kier alpha value is -1.98. The van der Waals surface area contributed by atoms with Crippen molar-refractivity contribution in [3.8, 4) is 11.5 Å². The summed E-state index contributed by atoms with van der Waals surface area (Å²) in [5.74, 6) is -4.50. The van der Waals surface area contributed by atoms with Gasteiger partial charge in [-0.05, 0) is 61.0 Å². The fraction of sp³-hybridized carbons (Fsp3) is 0.316. The summed E-state index contributed by atoms with van der Waals surface area (Å²) in [6.45, 7) is 4.14. The molecule has 0 aromatic heterocycles. The second-order valence-electron chi connectivity index (χ2n) is 7.41. The van der Waals surface area contributed by atoms with Gasteiger partial charge >= 0.3 is 11.9 Å². The molecule has 6 nitrogen and oxygen atoms in total. The molecule has 1 N–H and O–H groups in total. The van der Waals surface area contributed by atoms with E-state index < -0.39 is 44.5 Å². The van der Waals surface area contributed by atoms with Crippen molar-refractivity contribution in [2.45, 2.75) is 43.5 Å². The molecule has 0 fully saturated rings. The molecular weight excluding hydrogens is 527 g/mol. The highest BCUT2D eigenvalue weighted by molar-refractivity contribution is 9.10. The predicted molar refractivity (Wildman–Crippen MR) is 112 cm³/mol. The van der Waals surface area contributed by atoms with E-state index in [9.17, 15) is 31.5 Å². The number of carbonyl (C=O) groups is 1. The first kappa shape index (κ1) is 25.3. The van der Waals surface area contributed by atoms with E-state index in [0.29, 0.717) is 0 Å². The van der Waals surface area contributed by atoms with Crippen LogP contribution in [-0.4, -0.2) is 35.8 Å². The van der Waals surface area contributed by atoms with Gasteiger partial charge in [0.1, 0.15) is 17.3 Å². The van der Waals surface area contributed by atoms with Crippen LogP contribution >= 0.6 is 27.5 Å². The van der Waals surface area contributed by atoms with Gasteiger partial charge in [0.2, 0.25) is 9.84 Å². The number of nitrogens with zero attached hydrogens (tertiary/aromatic N) is 1. The first-order chi connectivity index (χ1) is 14.1. The molecular formula is C19H18BrClF3NO5S. The number of amides is 1. The van der Waals surface area contributed by atoms with Gasteiger partial charge in [-0.15, -0.1) is 0 Å². The molecule has 0 atom stereocenters. The van der Waals surface area contributed by atoms with Crippen LogP contribution < -0.4 is 4.74 Å². The van der Waals surface area contributed by atoms with Crippen LogP contribution in [0.15, 0.2) is 39.7 Å². The zero-order chi connectivity index (χ0) is 23.7. The molecule has 2 aromatic carbocycles. The van der Waals surface area contributed by atoms with Crippen molar-refractivity contribution in [2.24, 2.45) is 0 Å². The molecule has 2 rings (SSSR count). The van der Waals surface area contributed by atoms with Gasteiger partial charge in [0.15, 0.2) is 0 Å². The fourth-order valence-electron chi connectivity index (χ4n) is 2.63. The maximum atomic E-state index is 13.6. The lowest BCUT2D eigenvalue weighted by Gasteiger charge is -2.34. The molecule has 0 bridgehead atoms. The molecule has 31 heavy (non-hydrogen) atoms. The van der Waals surface area contributed by atoms with Gasteiger partial charge in [-0.1, -0.05) is 11.6 Å². The van der Waals surface area contributed by atoms with Gasteiger partial charge in [-0.2, -0.15) is 8.78 Å². The second kappa shape index (κ2) is 9.25. The van der Waals surface area contributed by atoms with Gasteiger partial charge in [0.05, 0.1) is 15.9 Å². The highest BCUT2D eigenvalue weighted by atomic mass is 79.9. The minimum absolute atomic E-state index is 0.0352. The van der Waals surface area contributed by atoms with Crippen LogP contribution in [0.1, 0.15) is 26.3 Å². The number of halogens is 5. The monoisotopic (exact) mass is 543 g/mol. The van der Waals surface area contributed by atoms with E-state index in [2.05, 4.69) is 15.9 Å². The molecule has 1 amide bonds. The summed E-state index contributed by atoms with van der Waals surface area (Å²) in [5, 5.41) is 9.59. The Morgan fingerprint density at radius 1 is 1.26 bits per heavy atom. The maximum Gasteiger partial charge on any atom is 0.408 e. The van der Waals surface area contributed by atoms with Crippen molar-refractivity contribution in [2.75, 3.05) is 0 Å². The van der Waals surface area contributed by atoms with Crippen LogP contribution in [0.25, 0.3) is 0 Å². The Balaban J connectivity index is 2.67. The van der Waals surface area contributed by atoms with E-state index >= 15 is 0 Å². The maximum absolute atomic E-state index is 13.6. The zero-order valence-electron chi connectivity index (χ0n) is 16.5. The number of hydrogen-bond acceptors (Lipinski definition) is 4. The summed E-state index contributed by atoms with van der Waals surface area (Å²) in [7, 11) is -5.07. The molecule has 0 saturated carbocycles. The van der Waals surface area contributed by atoms with Crippen LogP contribution in [0.5, 0.6) is 11.5 Å². The molecule has 2 aromatic rings. The highest BCUT2D eigenvalue weighted by Gasteiger charge is 2.34.